The third-order valence-corrected chi connectivity index (χ3v) is 3.90. The van der Waals surface area contributed by atoms with Crippen LogP contribution in [-0.4, -0.2) is 28.4 Å². The van der Waals surface area contributed by atoms with E-state index in [1.807, 2.05) is 27.7 Å². The molecule has 0 spiro atoms. The number of hydrogen-bond acceptors (Lipinski definition) is 5. The number of aliphatic hydroxyl groups is 1. The summed E-state index contributed by atoms with van der Waals surface area (Å²) in [5.74, 6) is 0. The number of nitrogens with two attached hydrogens (primary N) is 1. The fourth-order valence-electron chi connectivity index (χ4n) is 2.00. The molecule has 0 amide bonds. The van der Waals surface area contributed by atoms with Crippen LogP contribution in [0.2, 0.25) is 0 Å². The van der Waals surface area contributed by atoms with Crippen LogP contribution in [0.3, 0.4) is 0 Å². The highest BCUT2D eigenvalue weighted by atomic mass is 16.7. The number of aromatic nitrogens is 1. The lowest BCUT2D eigenvalue weighted by Gasteiger charge is -2.32. The lowest BCUT2D eigenvalue weighted by molar-refractivity contribution is 0.00578. The van der Waals surface area contributed by atoms with Crippen molar-refractivity contribution < 1.29 is 14.4 Å². The Bertz CT molecular complexity index is 473. The molecule has 19 heavy (non-hydrogen) atoms. The molecule has 0 aromatic carbocycles. The van der Waals surface area contributed by atoms with E-state index in [0.717, 1.165) is 0 Å². The molecule has 1 aromatic heterocycles. The van der Waals surface area contributed by atoms with Crippen LogP contribution in [-0.2, 0) is 9.31 Å². The Hall–Kier alpha value is -1.11. The first-order valence-electron chi connectivity index (χ1n) is 6.43. The van der Waals surface area contributed by atoms with Crippen molar-refractivity contribution in [2.24, 2.45) is 0 Å². The van der Waals surface area contributed by atoms with Gasteiger partial charge >= 0.3 is 7.12 Å². The quantitative estimate of drug-likeness (QED) is 0.780. The lowest BCUT2D eigenvalue weighted by atomic mass is 9.79. The van der Waals surface area contributed by atoms with Crippen molar-refractivity contribution in [3.8, 4) is 0 Å². The zero-order chi connectivity index (χ0) is 14.4. The first-order chi connectivity index (χ1) is 8.64. The Labute approximate surface area is 114 Å². The van der Waals surface area contributed by atoms with Gasteiger partial charge in [-0.3, -0.25) is 4.98 Å². The van der Waals surface area contributed by atoms with Gasteiger partial charge in [-0.2, -0.15) is 0 Å². The van der Waals surface area contributed by atoms with E-state index in [9.17, 15) is 5.11 Å². The summed E-state index contributed by atoms with van der Waals surface area (Å²) in [6.07, 6.45) is 0.872. The number of hydrogen-bond donors (Lipinski definition) is 2. The fraction of sp³-hybridized carbons (Fsp3) is 0.615. The Kier molecular flexibility index (Phi) is 3.37. The minimum atomic E-state index is -0.676. The van der Waals surface area contributed by atoms with Crippen LogP contribution < -0.4 is 11.3 Å². The van der Waals surface area contributed by atoms with Gasteiger partial charge < -0.3 is 20.1 Å². The Morgan fingerprint density at radius 2 is 1.79 bits per heavy atom. The standard InChI is InChI=1S/C13H21BN2O3/c1-8(17)10-6-9(15)7-16-11(10)14-18-12(2,3)13(4,5)19-14/h6-8,17H,15H2,1-5H3. The van der Waals surface area contributed by atoms with E-state index in [1.54, 1.807) is 19.2 Å². The zero-order valence-electron chi connectivity index (χ0n) is 12.1. The molecule has 1 aliphatic heterocycles. The molecule has 1 saturated heterocycles. The van der Waals surface area contributed by atoms with Crippen LogP contribution in [0.1, 0.15) is 46.3 Å². The van der Waals surface area contributed by atoms with E-state index >= 15 is 0 Å². The molecule has 0 saturated carbocycles. The molecular weight excluding hydrogens is 243 g/mol. The van der Waals surface area contributed by atoms with E-state index in [4.69, 9.17) is 15.0 Å². The Balaban J connectivity index is 2.39. The van der Waals surface area contributed by atoms with Crippen molar-refractivity contribution in [2.45, 2.75) is 51.9 Å². The first-order valence-corrected chi connectivity index (χ1v) is 6.43. The normalized spacial score (nSPS) is 22.5. The monoisotopic (exact) mass is 264 g/mol. The molecule has 3 N–H and O–H groups in total. The van der Waals surface area contributed by atoms with E-state index in [0.29, 0.717) is 16.8 Å². The van der Waals surface area contributed by atoms with Crippen LogP contribution in [0.25, 0.3) is 0 Å². The number of anilines is 1. The predicted octanol–water partition coefficient (Wildman–Crippen LogP) is 1.02. The van der Waals surface area contributed by atoms with E-state index in [-0.39, 0.29) is 0 Å². The van der Waals surface area contributed by atoms with Gasteiger partial charge in [0.1, 0.15) is 0 Å². The van der Waals surface area contributed by atoms with E-state index in [1.165, 1.54) is 0 Å². The minimum Gasteiger partial charge on any atom is -0.398 e. The summed E-state index contributed by atoms with van der Waals surface area (Å²) < 4.78 is 11.9. The molecule has 0 aliphatic carbocycles. The van der Waals surface area contributed by atoms with Gasteiger partial charge in [-0.15, -0.1) is 0 Å². The van der Waals surface area contributed by atoms with E-state index < -0.39 is 24.4 Å². The number of nitrogens with zero attached hydrogens (tertiary/aromatic N) is 1. The maximum absolute atomic E-state index is 9.84. The minimum absolute atomic E-state index is 0.434. The van der Waals surface area contributed by atoms with Crippen LogP contribution in [0.4, 0.5) is 5.69 Å². The number of nitrogen functional groups attached to an aromatic ring is 1. The fourth-order valence-corrected chi connectivity index (χ4v) is 2.00. The highest BCUT2D eigenvalue weighted by molar-refractivity contribution is 6.61. The molecule has 2 rings (SSSR count). The van der Waals surface area contributed by atoms with Crippen molar-refractivity contribution >= 4 is 18.4 Å². The van der Waals surface area contributed by atoms with Gasteiger partial charge in [-0.05, 0) is 40.7 Å². The van der Waals surface area contributed by atoms with Gasteiger partial charge in [0.25, 0.3) is 0 Å². The maximum atomic E-state index is 9.84. The molecule has 6 heteroatoms. The van der Waals surface area contributed by atoms with Crippen molar-refractivity contribution in [3.63, 3.8) is 0 Å². The van der Waals surface area contributed by atoms with Crippen molar-refractivity contribution in [3.05, 3.63) is 17.8 Å². The second-order valence-corrected chi connectivity index (χ2v) is 6.01. The molecular formula is C13H21BN2O3. The number of aliphatic hydroxyl groups excluding tert-OH is 1. The first kappa shape index (κ1) is 14.3. The average Bonchev–Trinajstić information content (AvgIpc) is 2.47. The third kappa shape index (κ3) is 2.48. The molecule has 0 radical (unpaired) electrons. The summed E-state index contributed by atoms with van der Waals surface area (Å²) >= 11 is 0. The SMILES string of the molecule is CC(O)c1cc(N)cnc1B1OC(C)(C)C(C)(C)O1. The zero-order valence-corrected chi connectivity index (χ0v) is 12.1. The lowest BCUT2D eigenvalue weighted by Crippen LogP contribution is -2.41. The predicted molar refractivity (Wildman–Crippen MR) is 75.0 cm³/mol. The van der Waals surface area contributed by atoms with Gasteiger partial charge in [-0.25, -0.2) is 0 Å². The van der Waals surface area contributed by atoms with Gasteiger partial charge in [0, 0.05) is 11.8 Å². The molecule has 1 unspecified atom stereocenters. The van der Waals surface area contributed by atoms with Crippen LogP contribution in [0.5, 0.6) is 0 Å². The topological polar surface area (TPSA) is 77.6 Å². The molecule has 1 aliphatic rings. The largest absolute Gasteiger partial charge is 0.514 e. The van der Waals surface area contributed by atoms with Crippen molar-refractivity contribution in [1.82, 2.24) is 4.98 Å². The molecule has 104 valence electrons. The van der Waals surface area contributed by atoms with Crippen molar-refractivity contribution in [1.29, 1.82) is 0 Å². The van der Waals surface area contributed by atoms with Gasteiger partial charge in [0.15, 0.2) is 0 Å². The molecule has 1 aromatic rings. The maximum Gasteiger partial charge on any atom is 0.514 e. The Morgan fingerprint density at radius 1 is 1.26 bits per heavy atom. The van der Waals surface area contributed by atoms with Gasteiger partial charge in [0.05, 0.1) is 28.6 Å². The number of pyridine rings is 1. The second kappa shape index (κ2) is 4.47. The molecule has 0 bridgehead atoms. The van der Waals surface area contributed by atoms with E-state index in [2.05, 4.69) is 4.98 Å². The summed E-state index contributed by atoms with van der Waals surface area (Å²) in [6, 6.07) is 1.71. The Morgan fingerprint density at radius 3 is 2.26 bits per heavy atom. The third-order valence-electron chi connectivity index (χ3n) is 3.90. The smallest absolute Gasteiger partial charge is 0.398 e. The molecule has 2 heterocycles. The van der Waals surface area contributed by atoms with Crippen LogP contribution in [0, 0.1) is 0 Å². The molecule has 5 nitrogen and oxygen atoms in total. The average molecular weight is 264 g/mol. The summed E-state index contributed by atoms with van der Waals surface area (Å²) in [7, 11) is -0.588. The van der Waals surface area contributed by atoms with Gasteiger partial charge in [-0.1, -0.05) is 0 Å². The van der Waals surface area contributed by atoms with Crippen LogP contribution in [0.15, 0.2) is 12.3 Å². The highest BCUT2D eigenvalue weighted by Gasteiger charge is 2.53. The van der Waals surface area contributed by atoms with Crippen molar-refractivity contribution in [2.75, 3.05) is 5.73 Å². The van der Waals surface area contributed by atoms with Crippen LogP contribution >= 0.6 is 0 Å². The molecule has 1 atom stereocenters. The molecule has 1 fully saturated rings. The second-order valence-electron chi connectivity index (χ2n) is 6.01. The summed E-state index contributed by atoms with van der Waals surface area (Å²) in [4.78, 5) is 4.28. The summed E-state index contributed by atoms with van der Waals surface area (Å²) in [6.45, 7) is 9.59. The summed E-state index contributed by atoms with van der Waals surface area (Å²) in [5, 5.41) is 9.84. The summed E-state index contributed by atoms with van der Waals surface area (Å²) in [5.41, 5.74) is 6.58. The van der Waals surface area contributed by atoms with Gasteiger partial charge in [0.2, 0.25) is 0 Å². The highest BCUT2D eigenvalue weighted by Crippen LogP contribution is 2.36. The number of rotatable bonds is 2.